The fourth-order valence-electron chi connectivity index (χ4n) is 2.58. The average molecular weight is 275 g/mol. The molecule has 0 atom stereocenters. The highest BCUT2D eigenvalue weighted by Gasteiger charge is 2.35. The summed E-state index contributed by atoms with van der Waals surface area (Å²) in [5.41, 5.74) is 6.88. The molecule has 0 bridgehead atoms. The van der Waals surface area contributed by atoms with Gasteiger partial charge in [-0.05, 0) is 36.8 Å². The SMILES string of the molecule is CCC1(CNC(=O)c2cccc(/C(N)=N/O)c2)CCC1. The van der Waals surface area contributed by atoms with E-state index in [1.54, 1.807) is 24.3 Å². The van der Waals surface area contributed by atoms with Crippen molar-refractivity contribution in [2.24, 2.45) is 16.3 Å². The molecule has 20 heavy (non-hydrogen) atoms. The number of amidine groups is 1. The topological polar surface area (TPSA) is 87.7 Å². The standard InChI is InChI=1S/C15H21N3O2/c1-2-15(7-4-8-15)10-17-14(19)12-6-3-5-11(9-12)13(16)18-20/h3,5-6,9,20H,2,4,7-8,10H2,1H3,(H2,16,18)(H,17,19). The third-order valence-electron chi connectivity index (χ3n) is 4.32. The van der Waals surface area contributed by atoms with Crippen LogP contribution in [0.4, 0.5) is 0 Å². The molecule has 108 valence electrons. The van der Waals surface area contributed by atoms with Crippen LogP contribution in [-0.2, 0) is 0 Å². The number of nitrogens with zero attached hydrogens (tertiary/aromatic N) is 1. The molecule has 0 heterocycles. The van der Waals surface area contributed by atoms with Crippen molar-refractivity contribution in [1.82, 2.24) is 5.32 Å². The molecule has 1 aromatic carbocycles. The van der Waals surface area contributed by atoms with Gasteiger partial charge >= 0.3 is 0 Å². The Morgan fingerprint density at radius 2 is 2.15 bits per heavy atom. The molecule has 1 aliphatic carbocycles. The molecule has 2 rings (SSSR count). The first-order valence-electron chi connectivity index (χ1n) is 6.96. The molecule has 0 radical (unpaired) electrons. The van der Waals surface area contributed by atoms with Crippen LogP contribution in [0.1, 0.15) is 48.5 Å². The predicted octanol–water partition coefficient (Wildman–Crippen LogP) is 2.09. The Morgan fingerprint density at radius 1 is 1.45 bits per heavy atom. The smallest absolute Gasteiger partial charge is 0.251 e. The molecule has 1 aromatic rings. The molecule has 5 heteroatoms. The van der Waals surface area contributed by atoms with Crippen LogP contribution < -0.4 is 11.1 Å². The lowest BCUT2D eigenvalue weighted by atomic mass is 9.67. The summed E-state index contributed by atoms with van der Waals surface area (Å²) in [5.74, 6) is -0.110. The van der Waals surface area contributed by atoms with Gasteiger partial charge < -0.3 is 16.3 Å². The molecule has 5 nitrogen and oxygen atoms in total. The number of nitrogens with two attached hydrogens (primary N) is 1. The summed E-state index contributed by atoms with van der Waals surface area (Å²) in [6, 6.07) is 6.78. The highest BCUT2D eigenvalue weighted by atomic mass is 16.4. The van der Waals surface area contributed by atoms with Crippen molar-refractivity contribution in [1.29, 1.82) is 0 Å². The van der Waals surface area contributed by atoms with E-state index in [1.165, 1.54) is 19.3 Å². The third-order valence-corrected chi connectivity index (χ3v) is 4.32. The first-order chi connectivity index (χ1) is 9.60. The van der Waals surface area contributed by atoms with Gasteiger partial charge in [0.25, 0.3) is 5.91 Å². The maximum Gasteiger partial charge on any atom is 0.251 e. The molecule has 0 aromatic heterocycles. The van der Waals surface area contributed by atoms with Crippen molar-refractivity contribution in [2.75, 3.05) is 6.54 Å². The summed E-state index contributed by atoms with van der Waals surface area (Å²) in [4.78, 5) is 12.2. The molecule has 0 aliphatic heterocycles. The van der Waals surface area contributed by atoms with Gasteiger partial charge in [-0.1, -0.05) is 30.6 Å². The van der Waals surface area contributed by atoms with Crippen LogP contribution in [0.2, 0.25) is 0 Å². The second-order valence-electron chi connectivity index (χ2n) is 5.46. The molecular weight excluding hydrogens is 254 g/mol. The van der Waals surface area contributed by atoms with E-state index >= 15 is 0 Å². The average Bonchev–Trinajstić information content (AvgIpc) is 2.45. The van der Waals surface area contributed by atoms with Crippen LogP contribution in [0.5, 0.6) is 0 Å². The van der Waals surface area contributed by atoms with Gasteiger partial charge in [0.1, 0.15) is 0 Å². The van der Waals surface area contributed by atoms with Crippen LogP contribution >= 0.6 is 0 Å². The van der Waals surface area contributed by atoms with Crippen molar-refractivity contribution >= 4 is 11.7 Å². The Hall–Kier alpha value is -2.04. The van der Waals surface area contributed by atoms with Crippen LogP contribution in [-0.4, -0.2) is 23.5 Å². The molecule has 0 spiro atoms. The third kappa shape index (κ3) is 2.92. The highest BCUT2D eigenvalue weighted by molar-refractivity contribution is 6.01. The Labute approximate surface area is 118 Å². The first kappa shape index (κ1) is 14.4. The van der Waals surface area contributed by atoms with Crippen LogP contribution in [0.15, 0.2) is 29.4 Å². The Kier molecular flexibility index (Phi) is 4.27. The van der Waals surface area contributed by atoms with E-state index < -0.39 is 0 Å². The lowest BCUT2D eigenvalue weighted by Gasteiger charge is -2.41. The van der Waals surface area contributed by atoms with Crippen molar-refractivity contribution < 1.29 is 10.0 Å². The van der Waals surface area contributed by atoms with Gasteiger partial charge in [-0.2, -0.15) is 0 Å². The van der Waals surface area contributed by atoms with Crippen LogP contribution in [0.25, 0.3) is 0 Å². The summed E-state index contributed by atoms with van der Waals surface area (Å²) in [5, 5.41) is 14.6. The number of rotatable bonds is 5. The first-order valence-corrected chi connectivity index (χ1v) is 6.96. The maximum absolute atomic E-state index is 12.2. The molecule has 1 amide bonds. The number of hydrogen-bond acceptors (Lipinski definition) is 3. The molecule has 1 saturated carbocycles. The molecule has 1 fully saturated rings. The Bertz CT molecular complexity index is 516. The fourth-order valence-corrected chi connectivity index (χ4v) is 2.58. The zero-order valence-electron chi connectivity index (χ0n) is 11.7. The van der Waals surface area contributed by atoms with Gasteiger partial charge in [0, 0.05) is 17.7 Å². The van der Waals surface area contributed by atoms with Gasteiger partial charge in [0.05, 0.1) is 0 Å². The van der Waals surface area contributed by atoms with E-state index in [0.717, 1.165) is 13.0 Å². The van der Waals surface area contributed by atoms with Gasteiger partial charge in [-0.25, -0.2) is 0 Å². The zero-order valence-corrected chi connectivity index (χ0v) is 11.7. The predicted molar refractivity (Wildman–Crippen MR) is 77.9 cm³/mol. The van der Waals surface area contributed by atoms with E-state index in [9.17, 15) is 4.79 Å². The number of benzene rings is 1. The monoisotopic (exact) mass is 275 g/mol. The number of amides is 1. The largest absolute Gasteiger partial charge is 0.409 e. The van der Waals surface area contributed by atoms with E-state index in [1.807, 2.05) is 0 Å². The van der Waals surface area contributed by atoms with E-state index in [0.29, 0.717) is 16.5 Å². The lowest BCUT2D eigenvalue weighted by molar-refractivity contribution is 0.0850. The minimum Gasteiger partial charge on any atom is -0.409 e. The Balaban J connectivity index is 2.02. The minimum atomic E-state index is -0.114. The summed E-state index contributed by atoms with van der Waals surface area (Å²) in [7, 11) is 0. The van der Waals surface area contributed by atoms with Gasteiger partial charge in [0.15, 0.2) is 5.84 Å². The second-order valence-corrected chi connectivity index (χ2v) is 5.46. The number of carbonyl (C=O) groups excluding carboxylic acids is 1. The summed E-state index contributed by atoms with van der Waals surface area (Å²) in [6.07, 6.45) is 4.72. The number of nitrogens with one attached hydrogen (secondary N) is 1. The van der Waals surface area contributed by atoms with E-state index in [-0.39, 0.29) is 11.7 Å². The van der Waals surface area contributed by atoms with Gasteiger partial charge in [-0.3, -0.25) is 4.79 Å². The highest BCUT2D eigenvalue weighted by Crippen LogP contribution is 2.43. The normalized spacial score (nSPS) is 17.4. The fraction of sp³-hybridized carbons (Fsp3) is 0.467. The molecule has 0 unspecified atom stereocenters. The Morgan fingerprint density at radius 3 is 2.70 bits per heavy atom. The van der Waals surface area contributed by atoms with Crippen molar-refractivity contribution in [3.8, 4) is 0 Å². The molecule has 4 N–H and O–H groups in total. The molecule has 1 aliphatic rings. The molecule has 0 saturated heterocycles. The second kappa shape index (κ2) is 5.94. The van der Waals surface area contributed by atoms with E-state index in [2.05, 4.69) is 17.4 Å². The lowest BCUT2D eigenvalue weighted by Crippen LogP contribution is -2.41. The minimum absolute atomic E-state index is 0.00340. The number of hydrogen-bond donors (Lipinski definition) is 3. The van der Waals surface area contributed by atoms with E-state index in [4.69, 9.17) is 10.9 Å². The summed E-state index contributed by atoms with van der Waals surface area (Å²) >= 11 is 0. The van der Waals surface area contributed by atoms with Crippen molar-refractivity contribution in [2.45, 2.75) is 32.6 Å². The van der Waals surface area contributed by atoms with Crippen LogP contribution in [0, 0.1) is 5.41 Å². The van der Waals surface area contributed by atoms with Crippen LogP contribution in [0.3, 0.4) is 0 Å². The number of oxime groups is 1. The van der Waals surface area contributed by atoms with Gasteiger partial charge in [0.2, 0.25) is 0 Å². The van der Waals surface area contributed by atoms with Crippen molar-refractivity contribution in [3.05, 3.63) is 35.4 Å². The molecular formula is C15H21N3O2. The van der Waals surface area contributed by atoms with Gasteiger partial charge in [-0.15, -0.1) is 0 Å². The zero-order chi connectivity index (χ0) is 14.6. The summed E-state index contributed by atoms with van der Waals surface area (Å²) < 4.78 is 0. The van der Waals surface area contributed by atoms with Crippen molar-refractivity contribution in [3.63, 3.8) is 0 Å². The quantitative estimate of drug-likeness (QED) is 0.333. The maximum atomic E-state index is 12.2. The summed E-state index contributed by atoms with van der Waals surface area (Å²) in [6.45, 7) is 2.89. The number of carbonyl (C=O) groups is 1.